The topological polar surface area (TPSA) is 67.8 Å². The van der Waals surface area contributed by atoms with Crippen molar-refractivity contribution < 1.29 is 19.4 Å². The number of phenols is 1. The Balaban J connectivity index is 2.07. The van der Waals surface area contributed by atoms with E-state index in [1.165, 1.54) is 0 Å². The Kier molecular flexibility index (Phi) is 6.42. The minimum atomic E-state index is -0.501. The van der Waals surface area contributed by atoms with Gasteiger partial charge in [-0.2, -0.15) is 0 Å². The molecule has 0 saturated heterocycles. The monoisotopic (exact) mass is 343 g/mol. The molecule has 0 unspecified atom stereocenters. The number of carbonyl (C=O) groups is 1. The zero-order chi connectivity index (χ0) is 18.3. The molecular weight excluding hydrogens is 318 g/mol. The molecule has 0 aliphatic carbocycles. The largest absolute Gasteiger partial charge is 0.508 e. The van der Waals surface area contributed by atoms with Crippen molar-refractivity contribution in [3.63, 3.8) is 0 Å². The first kappa shape index (κ1) is 18.8. The van der Waals surface area contributed by atoms with Gasteiger partial charge in [0.25, 0.3) is 0 Å². The number of hydrogen-bond donors (Lipinski definition) is 2. The Morgan fingerprint density at radius 1 is 1.08 bits per heavy atom. The maximum atomic E-state index is 11.8. The molecule has 0 heterocycles. The third kappa shape index (κ3) is 5.22. The van der Waals surface area contributed by atoms with E-state index in [0.29, 0.717) is 18.9 Å². The predicted octanol–water partition coefficient (Wildman–Crippen LogP) is 4.30. The van der Waals surface area contributed by atoms with Gasteiger partial charge >= 0.3 is 6.09 Å². The van der Waals surface area contributed by atoms with Crippen LogP contribution >= 0.6 is 0 Å². The van der Waals surface area contributed by atoms with Crippen LogP contribution < -0.4 is 5.32 Å². The lowest BCUT2D eigenvalue weighted by molar-refractivity contribution is 0.0850. The number of aromatic hydroxyl groups is 1. The molecule has 0 fully saturated rings. The molecule has 1 amide bonds. The van der Waals surface area contributed by atoms with Crippen LogP contribution in [0.3, 0.4) is 0 Å². The second-order valence-corrected chi connectivity index (χ2v) is 6.21. The first-order valence-electron chi connectivity index (χ1n) is 8.35. The van der Waals surface area contributed by atoms with E-state index in [-0.39, 0.29) is 17.8 Å². The van der Waals surface area contributed by atoms with Crippen LogP contribution in [0.15, 0.2) is 48.5 Å². The van der Waals surface area contributed by atoms with Gasteiger partial charge in [0, 0.05) is 17.7 Å². The zero-order valence-corrected chi connectivity index (χ0v) is 14.9. The molecule has 2 N–H and O–H groups in total. The van der Waals surface area contributed by atoms with Crippen molar-refractivity contribution in [3.05, 3.63) is 59.7 Å². The first-order chi connectivity index (χ1) is 11.9. The Hall–Kier alpha value is -2.53. The number of rotatable bonds is 7. The predicted molar refractivity (Wildman–Crippen MR) is 98.1 cm³/mol. The average molecular weight is 343 g/mol. The van der Waals surface area contributed by atoms with Crippen LogP contribution in [0.2, 0.25) is 0 Å². The van der Waals surface area contributed by atoms with Crippen LogP contribution in [-0.4, -0.2) is 31.0 Å². The number of carbonyl (C=O) groups excluding carboxylic acids is 1. The maximum Gasteiger partial charge on any atom is 0.411 e. The molecule has 134 valence electrons. The summed E-state index contributed by atoms with van der Waals surface area (Å²) in [5.74, 6) is 0.241. The number of phenolic OH excluding ortho intramolecular Hbond substituents is 1. The molecule has 2 aromatic rings. The molecule has 5 heteroatoms. The Morgan fingerprint density at radius 3 is 2.48 bits per heavy atom. The SMILES string of the molecule is CCOCCOC(=O)Nc1cccc(C(C)(C)c2ccc(O)cc2)c1. The van der Waals surface area contributed by atoms with Gasteiger partial charge < -0.3 is 14.6 Å². The van der Waals surface area contributed by atoms with Crippen LogP contribution in [0.1, 0.15) is 31.9 Å². The fourth-order valence-corrected chi connectivity index (χ4v) is 2.52. The minimum Gasteiger partial charge on any atom is -0.508 e. The molecule has 0 radical (unpaired) electrons. The van der Waals surface area contributed by atoms with Crippen molar-refractivity contribution in [2.45, 2.75) is 26.2 Å². The standard InChI is InChI=1S/C20H25NO4/c1-4-24-12-13-25-19(23)21-17-7-5-6-16(14-17)20(2,3)15-8-10-18(22)11-9-15/h5-11,14,22H,4,12-13H2,1-3H3,(H,21,23). The van der Waals surface area contributed by atoms with Crippen molar-refractivity contribution in [1.29, 1.82) is 0 Å². The normalized spacial score (nSPS) is 11.2. The molecule has 0 aliphatic heterocycles. The van der Waals surface area contributed by atoms with E-state index in [0.717, 1.165) is 11.1 Å². The molecule has 2 aromatic carbocycles. The molecule has 0 bridgehead atoms. The van der Waals surface area contributed by atoms with Gasteiger partial charge in [-0.05, 0) is 42.3 Å². The molecule has 0 aliphatic rings. The molecule has 0 aromatic heterocycles. The fraction of sp³-hybridized carbons (Fsp3) is 0.350. The van der Waals surface area contributed by atoms with Crippen molar-refractivity contribution in [3.8, 4) is 5.75 Å². The highest BCUT2D eigenvalue weighted by Crippen LogP contribution is 2.33. The van der Waals surface area contributed by atoms with E-state index in [2.05, 4.69) is 19.2 Å². The third-order valence-electron chi connectivity index (χ3n) is 4.08. The molecular formula is C20H25NO4. The highest BCUT2D eigenvalue weighted by Gasteiger charge is 2.23. The Labute approximate surface area is 148 Å². The summed E-state index contributed by atoms with van der Waals surface area (Å²) in [5, 5.41) is 12.2. The number of nitrogens with one attached hydrogen (secondary N) is 1. The highest BCUT2D eigenvalue weighted by molar-refractivity contribution is 5.84. The zero-order valence-electron chi connectivity index (χ0n) is 14.9. The van der Waals surface area contributed by atoms with Crippen LogP contribution in [-0.2, 0) is 14.9 Å². The third-order valence-corrected chi connectivity index (χ3v) is 4.08. The van der Waals surface area contributed by atoms with Gasteiger partial charge in [-0.1, -0.05) is 38.1 Å². The molecule has 0 saturated carbocycles. The number of ether oxygens (including phenoxy) is 2. The minimum absolute atomic E-state index is 0.221. The summed E-state index contributed by atoms with van der Waals surface area (Å²) in [7, 11) is 0. The summed E-state index contributed by atoms with van der Waals surface area (Å²) in [4.78, 5) is 11.8. The van der Waals surface area contributed by atoms with Gasteiger partial charge in [0.05, 0.1) is 6.61 Å². The summed E-state index contributed by atoms with van der Waals surface area (Å²) in [6.45, 7) is 7.29. The second-order valence-electron chi connectivity index (χ2n) is 6.21. The quantitative estimate of drug-likeness (QED) is 0.735. The van der Waals surface area contributed by atoms with Crippen molar-refractivity contribution in [1.82, 2.24) is 0 Å². The number of benzene rings is 2. The van der Waals surface area contributed by atoms with Crippen LogP contribution in [0.5, 0.6) is 5.75 Å². The van der Waals surface area contributed by atoms with E-state index in [1.54, 1.807) is 12.1 Å². The van der Waals surface area contributed by atoms with E-state index in [4.69, 9.17) is 9.47 Å². The lowest BCUT2D eigenvalue weighted by Gasteiger charge is -2.26. The maximum absolute atomic E-state index is 11.8. The van der Waals surface area contributed by atoms with Gasteiger partial charge in [-0.3, -0.25) is 5.32 Å². The van der Waals surface area contributed by atoms with Crippen molar-refractivity contribution in [2.24, 2.45) is 0 Å². The van der Waals surface area contributed by atoms with E-state index < -0.39 is 6.09 Å². The lowest BCUT2D eigenvalue weighted by atomic mass is 9.78. The fourth-order valence-electron chi connectivity index (χ4n) is 2.52. The van der Waals surface area contributed by atoms with Gasteiger partial charge in [-0.15, -0.1) is 0 Å². The number of hydrogen-bond acceptors (Lipinski definition) is 4. The Bertz CT molecular complexity index is 695. The van der Waals surface area contributed by atoms with Crippen LogP contribution in [0.4, 0.5) is 10.5 Å². The molecule has 5 nitrogen and oxygen atoms in total. The molecule has 0 spiro atoms. The smallest absolute Gasteiger partial charge is 0.411 e. The van der Waals surface area contributed by atoms with E-state index in [1.807, 2.05) is 43.3 Å². The average Bonchev–Trinajstić information content (AvgIpc) is 2.59. The second kappa shape index (κ2) is 8.53. The van der Waals surface area contributed by atoms with Gasteiger partial charge in [0.15, 0.2) is 0 Å². The summed E-state index contributed by atoms with van der Waals surface area (Å²) in [5.41, 5.74) is 2.52. The molecule has 2 rings (SSSR count). The van der Waals surface area contributed by atoms with E-state index in [9.17, 15) is 9.90 Å². The molecule has 0 atom stereocenters. The highest BCUT2D eigenvalue weighted by atomic mass is 16.6. The van der Waals surface area contributed by atoms with E-state index >= 15 is 0 Å². The summed E-state index contributed by atoms with van der Waals surface area (Å²) < 4.78 is 10.2. The first-order valence-corrected chi connectivity index (χ1v) is 8.35. The van der Waals surface area contributed by atoms with Crippen LogP contribution in [0.25, 0.3) is 0 Å². The number of anilines is 1. The van der Waals surface area contributed by atoms with Crippen LogP contribution in [0, 0.1) is 0 Å². The van der Waals surface area contributed by atoms with Gasteiger partial charge in [0.2, 0.25) is 0 Å². The summed E-state index contributed by atoms with van der Waals surface area (Å²) in [6.07, 6.45) is -0.501. The lowest BCUT2D eigenvalue weighted by Crippen LogP contribution is -2.20. The number of amides is 1. The van der Waals surface area contributed by atoms with Gasteiger partial charge in [-0.25, -0.2) is 4.79 Å². The van der Waals surface area contributed by atoms with Crippen molar-refractivity contribution in [2.75, 3.05) is 25.1 Å². The summed E-state index contributed by atoms with van der Waals surface area (Å²) in [6, 6.07) is 14.8. The van der Waals surface area contributed by atoms with Crippen molar-refractivity contribution >= 4 is 11.8 Å². The van der Waals surface area contributed by atoms with Gasteiger partial charge in [0.1, 0.15) is 12.4 Å². The molecule has 25 heavy (non-hydrogen) atoms. The Morgan fingerprint density at radius 2 is 1.80 bits per heavy atom. The summed E-state index contributed by atoms with van der Waals surface area (Å²) >= 11 is 0.